The second-order valence-electron chi connectivity index (χ2n) is 5.17. The normalized spacial score (nSPS) is 11.6. The largest absolute Gasteiger partial charge is 0.359 e. The highest BCUT2D eigenvalue weighted by molar-refractivity contribution is 5.61. The number of anilines is 1. The second kappa shape index (κ2) is 6.04. The molecule has 0 unspecified atom stereocenters. The van der Waals surface area contributed by atoms with Gasteiger partial charge < -0.3 is 5.32 Å². The summed E-state index contributed by atoms with van der Waals surface area (Å²) in [4.78, 5) is 11.0. The van der Waals surface area contributed by atoms with Crippen LogP contribution in [-0.4, -0.2) is 20.2 Å². The first-order chi connectivity index (χ1) is 8.88. The Morgan fingerprint density at radius 3 is 2.37 bits per heavy atom. The average molecular weight is 268 g/mol. The number of nitrogens with zero attached hydrogens (tertiary/aromatic N) is 3. The fourth-order valence-electron chi connectivity index (χ4n) is 2.02. The lowest BCUT2D eigenvalue weighted by Gasteiger charge is -2.28. The summed E-state index contributed by atoms with van der Waals surface area (Å²) in [6, 6.07) is 0. The molecule has 1 N–H and O–H groups in total. The van der Waals surface area contributed by atoms with Crippen LogP contribution in [0.2, 0.25) is 0 Å². The molecule has 0 saturated heterocycles. The summed E-state index contributed by atoms with van der Waals surface area (Å²) in [6.45, 7) is 8.22. The average Bonchev–Trinajstić information content (AvgIpc) is 2.66. The van der Waals surface area contributed by atoms with Crippen LogP contribution in [0.15, 0.2) is 0 Å². The quantitative estimate of drug-likeness (QED) is 0.608. The molecule has 0 amide bonds. The summed E-state index contributed by atoms with van der Waals surface area (Å²) in [5, 5.41) is 18.9. The minimum atomic E-state index is -0.327. The number of aromatic nitrogens is 2. The molecule has 1 rings (SSSR count). The first-order valence-electron chi connectivity index (χ1n) is 6.87. The Morgan fingerprint density at radius 2 is 1.95 bits per heavy atom. The zero-order valence-electron chi connectivity index (χ0n) is 12.5. The molecule has 0 saturated carbocycles. The maximum atomic E-state index is 11.3. The molecule has 0 radical (unpaired) electrons. The summed E-state index contributed by atoms with van der Waals surface area (Å²) in [5.74, 6) is 0.514. The van der Waals surface area contributed by atoms with E-state index in [1.165, 1.54) is 0 Å². The molecule has 1 heterocycles. The molecule has 1 aromatic rings. The van der Waals surface area contributed by atoms with Crippen molar-refractivity contribution >= 4 is 11.5 Å². The first kappa shape index (κ1) is 15.5. The van der Waals surface area contributed by atoms with Gasteiger partial charge in [-0.15, -0.1) is 0 Å². The highest BCUT2D eigenvalue weighted by atomic mass is 16.6. The Hall–Kier alpha value is -1.59. The van der Waals surface area contributed by atoms with Gasteiger partial charge in [0.25, 0.3) is 0 Å². The lowest BCUT2D eigenvalue weighted by molar-refractivity contribution is -0.384. The van der Waals surface area contributed by atoms with Crippen molar-refractivity contribution < 1.29 is 4.92 Å². The smallest absolute Gasteiger partial charge is 0.334 e. The Bertz CT molecular complexity index is 450. The number of nitrogens with one attached hydrogen (secondary N) is 1. The van der Waals surface area contributed by atoms with E-state index in [1.54, 1.807) is 11.7 Å². The SMILES string of the molecule is CCCc1nn(C)c(NC(C)(CC)CC)c1[N+](=O)[O-]. The zero-order valence-corrected chi connectivity index (χ0v) is 12.5. The van der Waals surface area contributed by atoms with Crippen LogP contribution in [0.25, 0.3) is 0 Å². The molecule has 0 aliphatic carbocycles. The van der Waals surface area contributed by atoms with Crippen molar-refractivity contribution in [3.05, 3.63) is 15.8 Å². The van der Waals surface area contributed by atoms with Crippen molar-refractivity contribution in [1.29, 1.82) is 0 Å². The molecule has 0 atom stereocenters. The monoisotopic (exact) mass is 268 g/mol. The van der Waals surface area contributed by atoms with Gasteiger partial charge in [0.1, 0.15) is 5.69 Å². The van der Waals surface area contributed by atoms with Gasteiger partial charge in [-0.3, -0.25) is 10.1 Å². The molecule has 0 spiro atoms. The fraction of sp³-hybridized carbons (Fsp3) is 0.769. The summed E-state index contributed by atoms with van der Waals surface area (Å²) in [5.41, 5.74) is 0.534. The molecule has 0 aromatic carbocycles. The molecule has 19 heavy (non-hydrogen) atoms. The maximum Gasteiger partial charge on any atom is 0.334 e. The number of hydrogen-bond acceptors (Lipinski definition) is 4. The van der Waals surface area contributed by atoms with Gasteiger partial charge in [-0.2, -0.15) is 5.10 Å². The molecule has 1 aromatic heterocycles. The lowest BCUT2D eigenvalue weighted by atomic mass is 9.95. The molecule has 0 aliphatic heterocycles. The summed E-state index contributed by atoms with van der Waals surface area (Å²) < 4.78 is 1.59. The van der Waals surface area contributed by atoms with Gasteiger partial charge in [0.05, 0.1) is 4.92 Å². The van der Waals surface area contributed by atoms with E-state index < -0.39 is 0 Å². The van der Waals surface area contributed by atoms with Crippen LogP contribution in [0.3, 0.4) is 0 Å². The van der Waals surface area contributed by atoms with E-state index in [4.69, 9.17) is 0 Å². The maximum absolute atomic E-state index is 11.3. The van der Waals surface area contributed by atoms with E-state index in [0.717, 1.165) is 19.3 Å². The van der Waals surface area contributed by atoms with Crippen LogP contribution in [0.5, 0.6) is 0 Å². The minimum absolute atomic E-state index is 0.123. The second-order valence-corrected chi connectivity index (χ2v) is 5.17. The Morgan fingerprint density at radius 1 is 1.37 bits per heavy atom. The molecule has 6 heteroatoms. The third-order valence-corrected chi connectivity index (χ3v) is 3.74. The van der Waals surface area contributed by atoms with Crippen LogP contribution in [-0.2, 0) is 13.5 Å². The van der Waals surface area contributed by atoms with E-state index >= 15 is 0 Å². The van der Waals surface area contributed by atoms with Crippen molar-refractivity contribution in [2.24, 2.45) is 7.05 Å². The third-order valence-electron chi connectivity index (χ3n) is 3.74. The van der Waals surface area contributed by atoms with Gasteiger partial charge in [0, 0.05) is 12.6 Å². The first-order valence-corrected chi connectivity index (χ1v) is 6.87. The van der Waals surface area contributed by atoms with Gasteiger partial charge in [0.15, 0.2) is 0 Å². The van der Waals surface area contributed by atoms with Crippen LogP contribution < -0.4 is 5.32 Å². The van der Waals surface area contributed by atoms with E-state index in [-0.39, 0.29) is 16.1 Å². The van der Waals surface area contributed by atoms with Crippen LogP contribution in [0.1, 0.15) is 52.7 Å². The Kier molecular flexibility index (Phi) is 4.91. The zero-order chi connectivity index (χ0) is 14.6. The fourth-order valence-corrected chi connectivity index (χ4v) is 2.02. The Balaban J connectivity index is 3.22. The molecule has 6 nitrogen and oxygen atoms in total. The number of aryl methyl sites for hydroxylation is 2. The number of rotatable bonds is 7. The summed E-state index contributed by atoms with van der Waals surface area (Å²) in [7, 11) is 1.75. The predicted octanol–water partition coefficient (Wildman–Crippen LogP) is 3.27. The number of nitro groups is 1. The topological polar surface area (TPSA) is 73.0 Å². The lowest BCUT2D eigenvalue weighted by Crippen LogP contribution is -2.34. The van der Waals surface area contributed by atoms with Gasteiger partial charge in [0.2, 0.25) is 5.82 Å². The summed E-state index contributed by atoms with van der Waals surface area (Å²) >= 11 is 0. The molecule has 0 fully saturated rings. The van der Waals surface area contributed by atoms with Gasteiger partial charge in [-0.05, 0) is 26.2 Å². The van der Waals surface area contributed by atoms with E-state index in [1.807, 2.05) is 6.92 Å². The van der Waals surface area contributed by atoms with Crippen LogP contribution in [0.4, 0.5) is 11.5 Å². The van der Waals surface area contributed by atoms with E-state index in [2.05, 4.69) is 31.2 Å². The molecular formula is C13H24N4O2. The van der Waals surface area contributed by atoms with Crippen molar-refractivity contribution in [3.63, 3.8) is 0 Å². The molecule has 0 aliphatic rings. The number of hydrogen-bond donors (Lipinski definition) is 1. The third kappa shape index (κ3) is 3.24. The predicted molar refractivity (Wildman–Crippen MR) is 76.5 cm³/mol. The van der Waals surface area contributed by atoms with Gasteiger partial charge in [-0.25, -0.2) is 4.68 Å². The van der Waals surface area contributed by atoms with Crippen molar-refractivity contribution in [2.75, 3.05) is 5.32 Å². The van der Waals surface area contributed by atoms with Gasteiger partial charge in [-0.1, -0.05) is 27.2 Å². The Labute approximate surface area is 114 Å². The van der Waals surface area contributed by atoms with E-state index in [0.29, 0.717) is 17.9 Å². The van der Waals surface area contributed by atoms with Gasteiger partial charge >= 0.3 is 5.69 Å². The van der Waals surface area contributed by atoms with E-state index in [9.17, 15) is 10.1 Å². The highest BCUT2D eigenvalue weighted by Crippen LogP contribution is 2.32. The standard InChI is InChI=1S/C13H24N4O2/c1-6-9-10-11(17(18)19)12(16(5)15-10)14-13(4,7-2)8-3/h14H,6-9H2,1-5H3. The highest BCUT2D eigenvalue weighted by Gasteiger charge is 2.30. The van der Waals surface area contributed by atoms with Crippen LogP contribution in [0, 0.1) is 10.1 Å². The molecule has 0 bridgehead atoms. The summed E-state index contributed by atoms with van der Waals surface area (Å²) in [6.07, 6.45) is 3.26. The molecule has 108 valence electrons. The van der Waals surface area contributed by atoms with Crippen LogP contribution >= 0.6 is 0 Å². The van der Waals surface area contributed by atoms with Crippen molar-refractivity contribution in [3.8, 4) is 0 Å². The minimum Gasteiger partial charge on any atom is -0.359 e. The van der Waals surface area contributed by atoms with Crippen molar-refractivity contribution in [1.82, 2.24) is 9.78 Å². The molecular weight excluding hydrogens is 244 g/mol. The van der Waals surface area contributed by atoms with Crippen molar-refractivity contribution in [2.45, 2.75) is 58.9 Å².